The van der Waals surface area contributed by atoms with E-state index in [1.165, 1.54) is 10.4 Å². The molecule has 2 aromatic carbocycles. The summed E-state index contributed by atoms with van der Waals surface area (Å²) in [4.78, 5) is 26.1. The van der Waals surface area contributed by atoms with Gasteiger partial charge in [0, 0.05) is 13.1 Å². The highest BCUT2D eigenvalue weighted by Gasteiger charge is 2.38. The second kappa shape index (κ2) is 9.99. The predicted molar refractivity (Wildman–Crippen MR) is 128 cm³/mol. The van der Waals surface area contributed by atoms with E-state index in [1.54, 1.807) is 56.3 Å². The van der Waals surface area contributed by atoms with Gasteiger partial charge in [0.15, 0.2) is 0 Å². The average Bonchev–Trinajstić information content (AvgIpc) is 2.84. The molecule has 180 valence electrons. The molecule has 1 saturated heterocycles. The summed E-state index contributed by atoms with van der Waals surface area (Å²) in [6, 6.07) is 14.0. The number of benzene rings is 2. The molecule has 0 bridgehead atoms. The fourth-order valence-electron chi connectivity index (χ4n) is 4.33. The van der Waals surface area contributed by atoms with Crippen molar-refractivity contribution in [1.29, 1.82) is 0 Å². The van der Waals surface area contributed by atoms with E-state index in [0.717, 1.165) is 19.3 Å². The van der Waals surface area contributed by atoms with Crippen LogP contribution in [0.2, 0.25) is 0 Å². The second-order valence-corrected chi connectivity index (χ2v) is 10.5. The minimum absolute atomic E-state index is 0.0753. The molecule has 1 fully saturated rings. The summed E-state index contributed by atoms with van der Waals surface area (Å²) < 4.78 is 34.2. The molecule has 4 rings (SSSR count). The molecule has 0 spiro atoms. The van der Waals surface area contributed by atoms with Gasteiger partial charge in [-0.1, -0.05) is 55.0 Å². The van der Waals surface area contributed by atoms with Crippen molar-refractivity contribution in [2.75, 3.05) is 13.1 Å². The largest absolute Gasteiger partial charge is 0.459 e. The van der Waals surface area contributed by atoms with Gasteiger partial charge in [0.1, 0.15) is 0 Å². The first-order valence-electron chi connectivity index (χ1n) is 11.5. The molecule has 1 unspecified atom stereocenters. The van der Waals surface area contributed by atoms with E-state index in [-0.39, 0.29) is 10.5 Å². The minimum atomic E-state index is -3.83. The van der Waals surface area contributed by atoms with Crippen LogP contribution in [-0.2, 0) is 19.6 Å². The highest BCUT2D eigenvalue weighted by Crippen LogP contribution is 2.36. The van der Waals surface area contributed by atoms with Gasteiger partial charge in [0.05, 0.1) is 28.3 Å². The van der Waals surface area contributed by atoms with E-state index in [1.807, 2.05) is 6.07 Å². The Labute approximate surface area is 200 Å². The summed E-state index contributed by atoms with van der Waals surface area (Å²) in [6.45, 7) is 4.36. The van der Waals surface area contributed by atoms with Gasteiger partial charge in [-0.3, -0.25) is 0 Å². The smallest absolute Gasteiger partial charge is 0.338 e. The van der Waals surface area contributed by atoms with E-state index in [0.29, 0.717) is 29.9 Å². The fraction of sp³-hybridized carbons (Fsp3) is 0.360. The van der Waals surface area contributed by atoms with Gasteiger partial charge < -0.3 is 15.4 Å². The van der Waals surface area contributed by atoms with Crippen molar-refractivity contribution in [3.8, 4) is 0 Å². The average molecular weight is 484 g/mol. The van der Waals surface area contributed by atoms with Crippen LogP contribution >= 0.6 is 0 Å². The van der Waals surface area contributed by atoms with E-state index >= 15 is 0 Å². The van der Waals surface area contributed by atoms with E-state index in [9.17, 15) is 18.0 Å². The van der Waals surface area contributed by atoms with Crippen molar-refractivity contribution >= 4 is 27.7 Å². The zero-order valence-corrected chi connectivity index (χ0v) is 20.1. The lowest BCUT2D eigenvalue weighted by Crippen LogP contribution is -2.46. The molecule has 2 amide bonds. The Morgan fingerprint density at radius 1 is 1.00 bits per heavy atom. The summed E-state index contributed by atoms with van der Waals surface area (Å²) in [7, 11) is -3.83. The SMILES string of the molecule is CC(C)OC(=O)C1=C(c2ccccc2)NC(=O)NC1c1ccccc1S(=O)(=O)N1CCCCC1. The molecule has 0 aliphatic carbocycles. The third kappa shape index (κ3) is 4.85. The van der Waals surface area contributed by atoms with Crippen LogP contribution in [0, 0.1) is 0 Å². The van der Waals surface area contributed by atoms with Gasteiger partial charge in [0.2, 0.25) is 10.0 Å². The number of carbonyl (C=O) groups excluding carboxylic acids is 2. The van der Waals surface area contributed by atoms with Crippen LogP contribution in [0.25, 0.3) is 5.70 Å². The molecule has 2 N–H and O–H groups in total. The maximum atomic E-state index is 13.6. The molecular formula is C25H29N3O5S. The summed E-state index contributed by atoms with van der Waals surface area (Å²) in [5, 5.41) is 5.49. The van der Waals surface area contributed by atoms with Crippen molar-refractivity contribution < 1.29 is 22.7 Å². The first kappa shape index (κ1) is 24.0. The number of esters is 1. The first-order valence-corrected chi connectivity index (χ1v) is 12.9. The lowest BCUT2D eigenvalue weighted by molar-refractivity contribution is -0.143. The number of rotatable bonds is 6. The zero-order chi connectivity index (χ0) is 24.3. The molecule has 0 radical (unpaired) electrons. The third-order valence-electron chi connectivity index (χ3n) is 5.86. The molecule has 8 nitrogen and oxygen atoms in total. The number of hydrogen-bond donors (Lipinski definition) is 2. The molecule has 9 heteroatoms. The quantitative estimate of drug-likeness (QED) is 0.611. The molecular weight excluding hydrogens is 454 g/mol. The number of nitrogens with one attached hydrogen (secondary N) is 2. The van der Waals surface area contributed by atoms with Crippen LogP contribution in [0.5, 0.6) is 0 Å². The summed E-state index contributed by atoms with van der Waals surface area (Å²) >= 11 is 0. The zero-order valence-electron chi connectivity index (χ0n) is 19.3. The van der Waals surface area contributed by atoms with Crippen LogP contribution in [0.4, 0.5) is 4.79 Å². The van der Waals surface area contributed by atoms with Gasteiger partial charge in [-0.15, -0.1) is 0 Å². The number of urea groups is 1. The van der Waals surface area contributed by atoms with Gasteiger partial charge in [-0.2, -0.15) is 4.31 Å². The Balaban J connectivity index is 1.89. The maximum absolute atomic E-state index is 13.6. The second-order valence-electron chi connectivity index (χ2n) is 8.64. The third-order valence-corrected chi connectivity index (χ3v) is 7.83. The van der Waals surface area contributed by atoms with Crippen LogP contribution in [0.15, 0.2) is 65.1 Å². The molecule has 2 aliphatic rings. The normalized spacial score (nSPS) is 19.5. The van der Waals surface area contributed by atoms with E-state index < -0.39 is 34.2 Å². The lowest BCUT2D eigenvalue weighted by atomic mass is 9.92. The fourth-order valence-corrected chi connectivity index (χ4v) is 6.08. The molecule has 2 aromatic rings. The topological polar surface area (TPSA) is 105 Å². The first-order chi connectivity index (χ1) is 16.3. The summed E-state index contributed by atoms with van der Waals surface area (Å²) in [5.74, 6) is -0.628. The number of piperidine rings is 1. The monoisotopic (exact) mass is 483 g/mol. The Hall–Kier alpha value is -3.17. The minimum Gasteiger partial charge on any atom is -0.459 e. The number of amides is 2. The lowest BCUT2D eigenvalue weighted by Gasteiger charge is -2.32. The highest BCUT2D eigenvalue weighted by molar-refractivity contribution is 7.89. The molecule has 2 aliphatic heterocycles. The van der Waals surface area contributed by atoms with Crippen LogP contribution in [0.3, 0.4) is 0 Å². The molecule has 1 atom stereocenters. The number of nitrogens with zero attached hydrogens (tertiary/aromatic N) is 1. The van der Waals surface area contributed by atoms with Crippen molar-refractivity contribution in [2.24, 2.45) is 0 Å². The summed E-state index contributed by atoms with van der Waals surface area (Å²) in [5.41, 5.74) is 1.40. The maximum Gasteiger partial charge on any atom is 0.338 e. The van der Waals surface area contributed by atoms with Crippen molar-refractivity contribution in [3.05, 3.63) is 71.3 Å². The van der Waals surface area contributed by atoms with Crippen LogP contribution < -0.4 is 10.6 Å². The molecule has 0 aromatic heterocycles. The Bertz CT molecular complexity index is 1200. The van der Waals surface area contributed by atoms with E-state index in [2.05, 4.69) is 10.6 Å². The van der Waals surface area contributed by atoms with Crippen molar-refractivity contribution in [2.45, 2.75) is 50.2 Å². The van der Waals surface area contributed by atoms with Crippen LogP contribution in [-0.4, -0.2) is 43.9 Å². The number of sulfonamides is 1. The van der Waals surface area contributed by atoms with Gasteiger partial charge in [0.25, 0.3) is 0 Å². The predicted octanol–water partition coefficient (Wildman–Crippen LogP) is 3.58. The number of carbonyl (C=O) groups is 2. The molecule has 2 heterocycles. The van der Waals surface area contributed by atoms with Gasteiger partial charge >= 0.3 is 12.0 Å². The Morgan fingerprint density at radius 2 is 1.65 bits per heavy atom. The van der Waals surface area contributed by atoms with Gasteiger partial charge in [-0.05, 0) is 43.9 Å². The Kier molecular flexibility index (Phi) is 7.04. The molecule has 0 saturated carbocycles. The standard InChI is InChI=1S/C25H29N3O5S/c1-17(2)33-24(29)21-22(18-11-5-3-6-12-18)26-25(30)27-23(21)19-13-7-8-14-20(19)34(31,32)28-15-9-4-10-16-28/h3,5-8,11-14,17,23H,4,9-10,15-16H2,1-2H3,(H2,26,27,30). The number of ether oxygens (including phenoxy) is 1. The van der Waals surface area contributed by atoms with Gasteiger partial charge in [-0.25, -0.2) is 18.0 Å². The highest BCUT2D eigenvalue weighted by atomic mass is 32.2. The number of hydrogen-bond acceptors (Lipinski definition) is 5. The van der Waals surface area contributed by atoms with Crippen molar-refractivity contribution in [3.63, 3.8) is 0 Å². The Morgan fingerprint density at radius 3 is 2.32 bits per heavy atom. The molecule has 34 heavy (non-hydrogen) atoms. The van der Waals surface area contributed by atoms with Crippen LogP contribution in [0.1, 0.15) is 50.3 Å². The van der Waals surface area contributed by atoms with E-state index in [4.69, 9.17) is 4.74 Å². The van der Waals surface area contributed by atoms with Crippen molar-refractivity contribution in [1.82, 2.24) is 14.9 Å². The summed E-state index contributed by atoms with van der Waals surface area (Å²) in [6.07, 6.45) is 2.19.